The van der Waals surface area contributed by atoms with Crippen LogP contribution in [0.4, 0.5) is 13.2 Å². The van der Waals surface area contributed by atoms with Crippen molar-refractivity contribution < 1.29 is 13.2 Å². The molecular weight excluding hydrogens is 227 g/mol. The van der Waals surface area contributed by atoms with Gasteiger partial charge in [0.25, 0.3) is 0 Å². The fourth-order valence-electron chi connectivity index (χ4n) is 1.47. The Labute approximate surface area is 99.3 Å². The molecule has 0 aromatic heterocycles. The minimum atomic E-state index is -4.26. The average molecular weight is 243 g/mol. The van der Waals surface area contributed by atoms with Crippen molar-refractivity contribution >= 4 is 5.57 Å². The number of hydrogen-bond acceptors (Lipinski definition) is 1. The number of nitrogens with one attached hydrogen (secondary N) is 1. The molecule has 0 heterocycles. The van der Waals surface area contributed by atoms with E-state index in [1.165, 1.54) is 12.1 Å². The molecule has 1 nitrogen and oxygen atoms in total. The molecule has 0 amide bonds. The summed E-state index contributed by atoms with van der Waals surface area (Å²) >= 11 is 0. The van der Waals surface area contributed by atoms with Gasteiger partial charge in [-0.2, -0.15) is 13.2 Å². The first-order valence-corrected chi connectivity index (χ1v) is 5.44. The smallest absolute Gasteiger partial charge is 0.319 e. The molecule has 1 aromatic rings. The molecule has 0 unspecified atom stereocenters. The van der Waals surface area contributed by atoms with E-state index < -0.39 is 11.7 Å². The average Bonchev–Trinajstić information content (AvgIpc) is 2.28. The molecule has 0 fully saturated rings. The van der Waals surface area contributed by atoms with Crippen LogP contribution < -0.4 is 5.32 Å². The van der Waals surface area contributed by atoms with Crippen molar-refractivity contribution in [1.29, 1.82) is 0 Å². The number of rotatable bonds is 4. The van der Waals surface area contributed by atoms with E-state index in [2.05, 4.69) is 5.32 Å². The molecule has 0 spiro atoms. The Morgan fingerprint density at radius 3 is 2.29 bits per heavy atom. The molecule has 94 valence electrons. The highest BCUT2D eigenvalue weighted by molar-refractivity contribution is 5.63. The fraction of sp³-hybridized carbons (Fsp3) is 0.385. The van der Waals surface area contributed by atoms with Gasteiger partial charge in [-0.15, -0.1) is 0 Å². The van der Waals surface area contributed by atoms with Gasteiger partial charge < -0.3 is 5.32 Å². The van der Waals surface area contributed by atoms with Gasteiger partial charge >= 0.3 is 6.18 Å². The summed E-state index contributed by atoms with van der Waals surface area (Å²) in [4.78, 5) is 0. The van der Waals surface area contributed by atoms with Crippen molar-refractivity contribution in [3.05, 3.63) is 41.5 Å². The standard InChI is InChI=1S/C13H16F3N/c1-10(4-3-9-17-2)11-5-7-12(8-6-11)13(14,15)16/h4-8,17H,3,9H2,1-2H3. The second-order valence-corrected chi connectivity index (χ2v) is 3.85. The highest BCUT2D eigenvalue weighted by atomic mass is 19.4. The Kier molecular flexibility index (Phi) is 4.75. The molecular formula is C13H16F3N. The van der Waals surface area contributed by atoms with Gasteiger partial charge in [0.15, 0.2) is 0 Å². The lowest BCUT2D eigenvalue weighted by molar-refractivity contribution is -0.137. The van der Waals surface area contributed by atoms with E-state index in [4.69, 9.17) is 0 Å². The van der Waals surface area contributed by atoms with Gasteiger partial charge in [0.2, 0.25) is 0 Å². The molecule has 1 aromatic carbocycles. The van der Waals surface area contributed by atoms with Gasteiger partial charge in [-0.05, 0) is 50.2 Å². The minimum Gasteiger partial charge on any atom is -0.319 e. The maximum atomic E-state index is 12.3. The predicted octanol–water partition coefficient (Wildman–Crippen LogP) is 3.72. The summed E-state index contributed by atoms with van der Waals surface area (Å²) in [5.74, 6) is 0. The topological polar surface area (TPSA) is 12.0 Å². The lowest BCUT2D eigenvalue weighted by Crippen LogP contribution is -2.06. The summed E-state index contributed by atoms with van der Waals surface area (Å²) in [6.07, 6.45) is -1.38. The zero-order valence-corrected chi connectivity index (χ0v) is 9.93. The molecule has 0 aliphatic rings. The fourth-order valence-corrected chi connectivity index (χ4v) is 1.47. The SMILES string of the molecule is CNCCC=C(C)c1ccc(C(F)(F)F)cc1. The van der Waals surface area contributed by atoms with Crippen molar-refractivity contribution in [2.75, 3.05) is 13.6 Å². The number of hydrogen-bond donors (Lipinski definition) is 1. The predicted molar refractivity (Wildman–Crippen MR) is 63.6 cm³/mol. The number of alkyl halides is 3. The molecule has 17 heavy (non-hydrogen) atoms. The molecule has 0 saturated heterocycles. The molecule has 1 rings (SSSR count). The summed E-state index contributed by atoms with van der Waals surface area (Å²) in [7, 11) is 1.86. The largest absolute Gasteiger partial charge is 0.416 e. The van der Waals surface area contributed by atoms with Gasteiger partial charge in [0.1, 0.15) is 0 Å². The molecule has 0 aliphatic carbocycles. The first-order valence-electron chi connectivity index (χ1n) is 5.44. The van der Waals surface area contributed by atoms with Gasteiger partial charge in [0.05, 0.1) is 5.56 Å². The molecule has 4 heteroatoms. The monoisotopic (exact) mass is 243 g/mol. The molecule has 0 atom stereocenters. The van der Waals surface area contributed by atoms with Crippen LogP contribution in [0.15, 0.2) is 30.3 Å². The van der Waals surface area contributed by atoms with Gasteiger partial charge in [0, 0.05) is 0 Å². The van der Waals surface area contributed by atoms with Crippen molar-refractivity contribution in [2.24, 2.45) is 0 Å². The third-order valence-electron chi connectivity index (χ3n) is 2.51. The van der Waals surface area contributed by atoms with Crippen LogP contribution in [0.3, 0.4) is 0 Å². The lowest BCUT2D eigenvalue weighted by atomic mass is 10.0. The van der Waals surface area contributed by atoms with Crippen LogP contribution in [-0.4, -0.2) is 13.6 Å². The van der Waals surface area contributed by atoms with Crippen LogP contribution in [0.25, 0.3) is 5.57 Å². The second kappa shape index (κ2) is 5.87. The van der Waals surface area contributed by atoms with E-state index >= 15 is 0 Å². The van der Waals surface area contributed by atoms with Crippen LogP contribution >= 0.6 is 0 Å². The summed E-state index contributed by atoms with van der Waals surface area (Å²) in [6, 6.07) is 5.25. The van der Waals surface area contributed by atoms with E-state index in [1.54, 1.807) is 0 Å². The Hall–Kier alpha value is -1.29. The van der Waals surface area contributed by atoms with Crippen LogP contribution in [0.5, 0.6) is 0 Å². The highest BCUT2D eigenvalue weighted by Gasteiger charge is 2.29. The molecule has 0 saturated carbocycles. The third kappa shape index (κ3) is 4.23. The molecule has 0 bridgehead atoms. The first-order chi connectivity index (χ1) is 7.95. The van der Waals surface area contributed by atoms with E-state index in [1.807, 2.05) is 20.0 Å². The highest BCUT2D eigenvalue weighted by Crippen LogP contribution is 2.29. The maximum Gasteiger partial charge on any atom is 0.416 e. The Morgan fingerprint density at radius 2 is 1.82 bits per heavy atom. The number of benzene rings is 1. The van der Waals surface area contributed by atoms with Crippen molar-refractivity contribution in [3.8, 4) is 0 Å². The molecule has 0 radical (unpaired) electrons. The first kappa shape index (κ1) is 13.8. The Morgan fingerprint density at radius 1 is 1.24 bits per heavy atom. The zero-order chi connectivity index (χ0) is 12.9. The summed E-state index contributed by atoms with van der Waals surface area (Å²) in [5, 5.41) is 3.01. The second-order valence-electron chi connectivity index (χ2n) is 3.85. The summed E-state index contributed by atoms with van der Waals surface area (Å²) < 4.78 is 37.0. The molecule has 0 aliphatic heterocycles. The van der Waals surface area contributed by atoms with Crippen LogP contribution in [0, 0.1) is 0 Å². The van der Waals surface area contributed by atoms with E-state index in [-0.39, 0.29) is 0 Å². The van der Waals surface area contributed by atoms with E-state index in [9.17, 15) is 13.2 Å². The van der Waals surface area contributed by atoms with Crippen molar-refractivity contribution in [3.63, 3.8) is 0 Å². The summed E-state index contributed by atoms with van der Waals surface area (Å²) in [5.41, 5.74) is 1.22. The quantitative estimate of drug-likeness (QED) is 0.795. The molecule has 1 N–H and O–H groups in total. The van der Waals surface area contributed by atoms with Crippen molar-refractivity contribution in [2.45, 2.75) is 19.5 Å². The number of halogens is 3. The van der Waals surface area contributed by atoms with Crippen LogP contribution in [-0.2, 0) is 6.18 Å². The zero-order valence-electron chi connectivity index (χ0n) is 9.93. The maximum absolute atomic E-state index is 12.3. The van der Waals surface area contributed by atoms with Crippen LogP contribution in [0.1, 0.15) is 24.5 Å². The van der Waals surface area contributed by atoms with E-state index in [0.717, 1.165) is 36.2 Å². The van der Waals surface area contributed by atoms with Crippen molar-refractivity contribution in [1.82, 2.24) is 5.32 Å². The van der Waals surface area contributed by atoms with Gasteiger partial charge in [-0.3, -0.25) is 0 Å². The lowest BCUT2D eigenvalue weighted by Gasteiger charge is -2.08. The van der Waals surface area contributed by atoms with Gasteiger partial charge in [-0.1, -0.05) is 18.2 Å². The van der Waals surface area contributed by atoms with E-state index in [0.29, 0.717) is 0 Å². The number of allylic oxidation sites excluding steroid dienone is 1. The Bertz CT molecular complexity index is 377. The third-order valence-corrected chi connectivity index (χ3v) is 2.51. The Balaban J connectivity index is 2.77. The minimum absolute atomic E-state index is 0.607. The van der Waals surface area contributed by atoms with Crippen LogP contribution in [0.2, 0.25) is 0 Å². The normalized spacial score (nSPS) is 12.9. The summed E-state index contributed by atoms with van der Waals surface area (Å²) in [6.45, 7) is 2.76. The van der Waals surface area contributed by atoms with Gasteiger partial charge in [-0.25, -0.2) is 0 Å².